The van der Waals surface area contributed by atoms with E-state index < -0.39 is 0 Å². The smallest absolute Gasteiger partial charge is 0.247 e. The van der Waals surface area contributed by atoms with E-state index in [-0.39, 0.29) is 5.54 Å². The first-order valence-electron chi connectivity index (χ1n) is 10.4. The number of nitrogens with zero attached hydrogens (tertiary/aromatic N) is 5. The molecule has 0 unspecified atom stereocenters. The number of aromatic nitrogens is 4. The Balaban J connectivity index is 1.40. The van der Waals surface area contributed by atoms with Crippen LogP contribution in [0.25, 0.3) is 33.7 Å². The van der Waals surface area contributed by atoms with Gasteiger partial charge < -0.3 is 14.6 Å². The van der Waals surface area contributed by atoms with Crippen molar-refractivity contribution in [1.29, 1.82) is 0 Å². The molecule has 1 aliphatic heterocycles. The second-order valence-corrected chi connectivity index (χ2v) is 8.98. The Labute approximate surface area is 175 Å². The minimum Gasteiger partial charge on any atom is -0.423 e. The summed E-state index contributed by atoms with van der Waals surface area (Å²) in [6.07, 6.45) is 1.13. The van der Waals surface area contributed by atoms with Crippen LogP contribution in [0.4, 0.5) is 5.82 Å². The van der Waals surface area contributed by atoms with Gasteiger partial charge in [-0.05, 0) is 63.6 Å². The highest BCUT2D eigenvalue weighted by atomic mass is 16.4. The molecular weight excluding hydrogens is 376 g/mol. The molecule has 0 bridgehead atoms. The van der Waals surface area contributed by atoms with Crippen molar-refractivity contribution in [1.82, 2.24) is 25.3 Å². The molecule has 0 saturated carbocycles. The van der Waals surface area contributed by atoms with Crippen molar-refractivity contribution >= 4 is 28.1 Å². The number of pyridine rings is 3. The van der Waals surface area contributed by atoms with Gasteiger partial charge in [-0.2, -0.15) is 0 Å². The Hall–Kier alpha value is -3.06. The van der Waals surface area contributed by atoms with Gasteiger partial charge in [-0.15, -0.1) is 0 Å². The predicted molar refractivity (Wildman–Crippen MR) is 119 cm³/mol. The van der Waals surface area contributed by atoms with E-state index in [0.29, 0.717) is 17.6 Å². The fourth-order valence-corrected chi connectivity index (χ4v) is 4.08. The molecule has 30 heavy (non-hydrogen) atoms. The summed E-state index contributed by atoms with van der Waals surface area (Å²) in [4.78, 5) is 20.8. The number of anilines is 1. The number of fused-ring (bicyclic) bond motifs is 2. The lowest BCUT2D eigenvalue weighted by Crippen LogP contribution is -2.44. The quantitative estimate of drug-likeness (QED) is 0.552. The first-order valence-corrected chi connectivity index (χ1v) is 10.4. The second-order valence-electron chi connectivity index (χ2n) is 8.98. The molecule has 0 spiro atoms. The average Bonchev–Trinajstić information content (AvgIpc) is 3.30. The molecule has 5 heterocycles. The van der Waals surface area contributed by atoms with Crippen molar-refractivity contribution in [2.45, 2.75) is 45.7 Å². The number of hydrogen-bond donors (Lipinski definition) is 1. The number of oxazole rings is 1. The van der Waals surface area contributed by atoms with Gasteiger partial charge in [-0.1, -0.05) is 0 Å². The highest BCUT2D eigenvalue weighted by molar-refractivity contribution is 5.80. The maximum atomic E-state index is 5.56. The van der Waals surface area contributed by atoms with Gasteiger partial charge in [0.15, 0.2) is 5.89 Å². The van der Waals surface area contributed by atoms with Gasteiger partial charge in [0.2, 0.25) is 5.71 Å². The summed E-state index contributed by atoms with van der Waals surface area (Å²) < 4.78 is 5.56. The van der Waals surface area contributed by atoms with Crippen LogP contribution in [-0.2, 0) is 0 Å². The van der Waals surface area contributed by atoms with E-state index in [1.165, 1.54) is 0 Å². The number of rotatable bonds is 3. The largest absolute Gasteiger partial charge is 0.423 e. The van der Waals surface area contributed by atoms with E-state index in [9.17, 15) is 0 Å². The van der Waals surface area contributed by atoms with Crippen LogP contribution in [-0.4, -0.2) is 44.6 Å². The van der Waals surface area contributed by atoms with Crippen LogP contribution in [0.3, 0.4) is 0 Å². The molecule has 4 aromatic heterocycles. The minimum atomic E-state index is 0.124. The SMILES string of the molecule is Cc1nc2ccc(-c3ccc4nc(N5CC[C@H](NC(C)(C)C)C5)ccc4n3)nc2o1. The molecular formula is C23H26N6O. The zero-order valence-electron chi connectivity index (χ0n) is 17.8. The molecule has 1 aliphatic rings. The first-order chi connectivity index (χ1) is 14.3. The molecule has 1 N–H and O–H groups in total. The Kier molecular flexibility index (Phi) is 4.43. The maximum Gasteiger partial charge on any atom is 0.247 e. The number of nitrogens with one attached hydrogen (secondary N) is 1. The number of aryl methyl sites for hydroxylation is 1. The molecule has 4 aromatic rings. The van der Waals surface area contributed by atoms with Crippen molar-refractivity contribution in [2.24, 2.45) is 0 Å². The summed E-state index contributed by atoms with van der Waals surface area (Å²) in [5.74, 6) is 1.62. The molecule has 154 valence electrons. The summed E-state index contributed by atoms with van der Waals surface area (Å²) in [6, 6.07) is 12.4. The van der Waals surface area contributed by atoms with E-state index in [4.69, 9.17) is 14.4 Å². The number of hydrogen-bond acceptors (Lipinski definition) is 7. The monoisotopic (exact) mass is 402 g/mol. The van der Waals surface area contributed by atoms with E-state index >= 15 is 0 Å². The molecule has 0 aliphatic carbocycles. The lowest BCUT2D eigenvalue weighted by Gasteiger charge is -2.26. The van der Waals surface area contributed by atoms with Crippen LogP contribution in [0.5, 0.6) is 0 Å². The summed E-state index contributed by atoms with van der Waals surface area (Å²) in [5, 5.41) is 3.69. The van der Waals surface area contributed by atoms with E-state index in [1.54, 1.807) is 0 Å². The second kappa shape index (κ2) is 7.02. The molecule has 7 nitrogen and oxygen atoms in total. The third kappa shape index (κ3) is 3.73. The molecule has 1 fully saturated rings. The van der Waals surface area contributed by atoms with Crippen LogP contribution in [0, 0.1) is 6.92 Å². The van der Waals surface area contributed by atoms with Crippen LogP contribution < -0.4 is 10.2 Å². The topological polar surface area (TPSA) is 80.0 Å². The van der Waals surface area contributed by atoms with Gasteiger partial charge in [0.1, 0.15) is 11.3 Å². The molecule has 0 radical (unpaired) electrons. The van der Waals surface area contributed by atoms with Gasteiger partial charge in [-0.25, -0.2) is 19.9 Å². The third-order valence-electron chi connectivity index (χ3n) is 5.30. The van der Waals surface area contributed by atoms with Crippen LogP contribution in [0.2, 0.25) is 0 Å². The lowest BCUT2D eigenvalue weighted by atomic mass is 10.1. The Morgan fingerprint density at radius 2 is 1.60 bits per heavy atom. The predicted octanol–water partition coefficient (Wildman–Crippen LogP) is 4.11. The van der Waals surface area contributed by atoms with Gasteiger partial charge in [0.25, 0.3) is 0 Å². The van der Waals surface area contributed by atoms with Crippen LogP contribution >= 0.6 is 0 Å². The van der Waals surface area contributed by atoms with Crippen molar-refractivity contribution < 1.29 is 4.42 Å². The van der Waals surface area contributed by atoms with Crippen LogP contribution in [0.1, 0.15) is 33.1 Å². The zero-order chi connectivity index (χ0) is 20.9. The summed E-state index contributed by atoms with van der Waals surface area (Å²) in [7, 11) is 0. The molecule has 1 atom stereocenters. The normalized spacial score (nSPS) is 17.3. The molecule has 0 aromatic carbocycles. The fraction of sp³-hybridized carbons (Fsp3) is 0.391. The Bertz CT molecular complexity index is 1230. The standard InChI is InChI=1S/C23H26N6O/c1-14-24-20-8-7-19(27-22(20)30-14)16-5-6-18-17(25-16)9-10-21(26-18)29-12-11-15(13-29)28-23(2,3)4/h5-10,15,28H,11-13H2,1-4H3/t15-/m0/s1. The summed E-state index contributed by atoms with van der Waals surface area (Å²) in [5.41, 5.74) is 4.72. The molecule has 1 saturated heterocycles. The minimum absolute atomic E-state index is 0.124. The van der Waals surface area contributed by atoms with Crippen molar-refractivity contribution in [3.63, 3.8) is 0 Å². The van der Waals surface area contributed by atoms with E-state index in [1.807, 2.05) is 37.3 Å². The van der Waals surface area contributed by atoms with Gasteiger partial charge >= 0.3 is 0 Å². The third-order valence-corrected chi connectivity index (χ3v) is 5.30. The first kappa shape index (κ1) is 18.9. The van der Waals surface area contributed by atoms with Crippen LogP contribution in [0.15, 0.2) is 40.8 Å². The summed E-state index contributed by atoms with van der Waals surface area (Å²) in [6.45, 7) is 10.4. The van der Waals surface area contributed by atoms with Gasteiger partial charge in [0, 0.05) is 31.6 Å². The van der Waals surface area contributed by atoms with Gasteiger partial charge in [-0.3, -0.25) is 0 Å². The molecule has 0 amide bonds. The summed E-state index contributed by atoms with van der Waals surface area (Å²) >= 11 is 0. The van der Waals surface area contributed by atoms with Gasteiger partial charge in [0.05, 0.1) is 22.4 Å². The molecule has 5 rings (SSSR count). The molecule has 7 heteroatoms. The zero-order valence-corrected chi connectivity index (χ0v) is 17.8. The average molecular weight is 403 g/mol. The highest BCUT2D eigenvalue weighted by Crippen LogP contribution is 2.25. The van der Waals surface area contributed by atoms with Crippen molar-refractivity contribution in [2.75, 3.05) is 18.0 Å². The van der Waals surface area contributed by atoms with Crippen molar-refractivity contribution in [3.8, 4) is 11.4 Å². The van der Waals surface area contributed by atoms with Crippen molar-refractivity contribution in [3.05, 3.63) is 42.3 Å². The lowest BCUT2D eigenvalue weighted by molar-refractivity contribution is 0.373. The van der Waals surface area contributed by atoms with E-state index in [0.717, 1.165) is 53.3 Å². The Morgan fingerprint density at radius 1 is 0.900 bits per heavy atom. The van der Waals surface area contributed by atoms with E-state index in [2.05, 4.69) is 47.0 Å². The fourth-order valence-electron chi connectivity index (χ4n) is 4.08. The Morgan fingerprint density at radius 3 is 2.40 bits per heavy atom. The highest BCUT2D eigenvalue weighted by Gasteiger charge is 2.26. The maximum absolute atomic E-state index is 5.56.